The van der Waals surface area contributed by atoms with Crippen LogP contribution in [0.3, 0.4) is 0 Å². The van der Waals surface area contributed by atoms with Gasteiger partial charge in [0.05, 0.1) is 0 Å². The number of likely N-dealkylation sites (tertiary alicyclic amines) is 1. The average molecular weight is 341 g/mol. The summed E-state index contributed by atoms with van der Waals surface area (Å²) in [5.74, 6) is 0.798. The van der Waals surface area contributed by atoms with Crippen LogP contribution in [0.15, 0.2) is 27.8 Å². The summed E-state index contributed by atoms with van der Waals surface area (Å²) in [4.78, 5) is 4.53. The first kappa shape index (κ1) is 15.1. The highest BCUT2D eigenvalue weighted by atomic mass is 79.9. The third-order valence-corrected chi connectivity index (χ3v) is 4.27. The summed E-state index contributed by atoms with van der Waals surface area (Å²) in [6.07, 6.45) is 1.22. The molecular formula is C14H21BrN4O. The molecule has 3 N–H and O–H groups in total. The van der Waals surface area contributed by atoms with Crippen molar-refractivity contribution in [1.82, 2.24) is 4.90 Å². The minimum atomic E-state index is 0.142. The number of hydrogen-bond donors (Lipinski definition) is 2. The van der Waals surface area contributed by atoms with E-state index in [0.717, 1.165) is 35.4 Å². The fourth-order valence-corrected chi connectivity index (χ4v) is 3.10. The first-order valence-corrected chi connectivity index (χ1v) is 7.47. The second-order valence-electron chi connectivity index (χ2n) is 5.44. The molecule has 1 aromatic rings. The molecule has 1 fully saturated rings. The van der Waals surface area contributed by atoms with E-state index in [4.69, 9.17) is 10.9 Å². The lowest BCUT2D eigenvalue weighted by atomic mass is 10.1. The van der Waals surface area contributed by atoms with Gasteiger partial charge in [0.25, 0.3) is 0 Å². The number of hydrogen-bond acceptors (Lipinski definition) is 4. The Morgan fingerprint density at radius 2 is 2.35 bits per heavy atom. The molecule has 0 saturated carbocycles. The van der Waals surface area contributed by atoms with Crippen LogP contribution in [0.4, 0.5) is 5.69 Å². The highest BCUT2D eigenvalue weighted by Crippen LogP contribution is 2.26. The van der Waals surface area contributed by atoms with Gasteiger partial charge in [-0.05, 0) is 44.1 Å². The van der Waals surface area contributed by atoms with E-state index in [1.807, 2.05) is 25.2 Å². The molecule has 1 aliphatic heterocycles. The third-order valence-electron chi connectivity index (χ3n) is 3.78. The van der Waals surface area contributed by atoms with Crippen LogP contribution in [0.5, 0.6) is 0 Å². The minimum absolute atomic E-state index is 0.142. The number of amidine groups is 1. The lowest BCUT2D eigenvalue weighted by Crippen LogP contribution is -2.29. The molecule has 6 heteroatoms. The molecule has 5 nitrogen and oxygen atoms in total. The van der Waals surface area contributed by atoms with Crippen molar-refractivity contribution < 1.29 is 5.21 Å². The van der Waals surface area contributed by atoms with Crippen molar-refractivity contribution >= 4 is 27.5 Å². The lowest BCUT2D eigenvalue weighted by molar-refractivity contribution is 0.318. The van der Waals surface area contributed by atoms with Crippen molar-refractivity contribution in [2.45, 2.75) is 6.42 Å². The largest absolute Gasteiger partial charge is 0.409 e. The number of oxime groups is 1. The van der Waals surface area contributed by atoms with Crippen molar-refractivity contribution in [2.24, 2.45) is 16.8 Å². The van der Waals surface area contributed by atoms with Gasteiger partial charge in [0.15, 0.2) is 5.84 Å². The number of anilines is 1. The lowest BCUT2D eigenvalue weighted by Gasteiger charge is -2.25. The van der Waals surface area contributed by atoms with Crippen LogP contribution in [-0.2, 0) is 0 Å². The van der Waals surface area contributed by atoms with Crippen LogP contribution in [-0.4, -0.2) is 49.7 Å². The fraction of sp³-hybridized carbons (Fsp3) is 0.500. The monoisotopic (exact) mass is 340 g/mol. The van der Waals surface area contributed by atoms with E-state index < -0.39 is 0 Å². The van der Waals surface area contributed by atoms with Gasteiger partial charge in [-0.15, -0.1) is 0 Å². The Hall–Kier alpha value is -1.27. The molecule has 0 bridgehead atoms. The van der Waals surface area contributed by atoms with E-state index in [1.54, 1.807) is 0 Å². The molecule has 1 heterocycles. The predicted octanol–water partition coefficient (Wildman–Crippen LogP) is 1.93. The molecular weight excluding hydrogens is 320 g/mol. The molecule has 0 spiro atoms. The Kier molecular flexibility index (Phi) is 4.88. The second kappa shape index (κ2) is 6.45. The molecule has 20 heavy (non-hydrogen) atoms. The Labute approximate surface area is 128 Å². The fourth-order valence-electron chi connectivity index (χ4n) is 2.75. The Morgan fingerprint density at radius 1 is 1.60 bits per heavy atom. The average Bonchev–Trinajstić information content (AvgIpc) is 2.83. The maximum absolute atomic E-state index is 8.91. The summed E-state index contributed by atoms with van der Waals surface area (Å²) in [6, 6.07) is 5.77. The molecule has 0 aliphatic carbocycles. The zero-order valence-corrected chi connectivity index (χ0v) is 13.5. The van der Waals surface area contributed by atoms with E-state index >= 15 is 0 Å². The van der Waals surface area contributed by atoms with Crippen molar-refractivity contribution in [3.05, 3.63) is 28.2 Å². The van der Waals surface area contributed by atoms with Gasteiger partial charge in [-0.2, -0.15) is 0 Å². The summed E-state index contributed by atoms with van der Waals surface area (Å²) in [5.41, 5.74) is 7.49. The van der Waals surface area contributed by atoms with Gasteiger partial charge in [0, 0.05) is 35.9 Å². The van der Waals surface area contributed by atoms with Crippen molar-refractivity contribution in [2.75, 3.05) is 38.6 Å². The number of halogens is 1. The molecule has 110 valence electrons. The van der Waals surface area contributed by atoms with E-state index in [-0.39, 0.29) is 5.84 Å². The van der Waals surface area contributed by atoms with Crippen LogP contribution in [0, 0.1) is 5.92 Å². The molecule has 1 aliphatic rings. The number of rotatable bonds is 4. The molecule has 0 radical (unpaired) electrons. The Morgan fingerprint density at radius 3 is 2.95 bits per heavy atom. The first-order chi connectivity index (χ1) is 9.51. The van der Waals surface area contributed by atoms with Gasteiger partial charge in [-0.3, -0.25) is 0 Å². The summed E-state index contributed by atoms with van der Waals surface area (Å²) >= 11 is 3.48. The standard InChI is InChI=1S/C14H21BrN4O/c1-18-6-5-10(8-18)9-19(2)13-7-11(15)3-4-12(13)14(16)17-20/h3-4,7,10,20H,5-6,8-9H2,1-2H3,(H2,16,17). The zero-order valence-electron chi connectivity index (χ0n) is 11.9. The normalized spacial score (nSPS) is 20.4. The highest BCUT2D eigenvalue weighted by molar-refractivity contribution is 9.10. The van der Waals surface area contributed by atoms with Crippen LogP contribution < -0.4 is 10.6 Å². The van der Waals surface area contributed by atoms with E-state index in [1.165, 1.54) is 6.42 Å². The van der Waals surface area contributed by atoms with Crippen molar-refractivity contribution in [1.29, 1.82) is 0 Å². The molecule has 1 unspecified atom stereocenters. The first-order valence-electron chi connectivity index (χ1n) is 6.68. The quantitative estimate of drug-likeness (QED) is 0.380. The van der Waals surface area contributed by atoms with Crippen LogP contribution >= 0.6 is 15.9 Å². The van der Waals surface area contributed by atoms with Gasteiger partial charge < -0.3 is 20.7 Å². The van der Waals surface area contributed by atoms with Gasteiger partial charge in [0.2, 0.25) is 0 Å². The maximum Gasteiger partial charge on any atom is 0.172 e. The molecule has 1 aromatic carbocycles. The van der Waals surface area contributed by atoms with Gasteiger partial charge in [-0.1, -0.05) is 21.1 Å². The third kappa shape index (κ3) is 3.43. The minimum Gasteiger partial charge on any atom is -0.409 e. The molecule has 2 rings (SSSR count). The molecule has 1 saturated heterocycles. The van der Waals surface area contributed by atoms with Crippen LogP contribution in [0.1, 0.15) is 12.0 Å². The zero-order chi connectivity index (χ0) is 14.7. The number of benzene rings is 1. The Bertz CT molecular complexity index is 506. The second-order valence-corrected chi connectivity index (χ2v) is 6.36. The number of nitrogens with two attached hydrogens (primary N) is 1. The maximum atomic E-state index is 8.91. The van der Waals surface area contributed by atoms with E-state index in [9.17, 15) is 0 Å². The molecule has 0 amide bonds. The highest BCUT2D eigenvalue weighted by Gasteiger charge is 2.22. The van der Waals surface area contributed by atoms with Crippen molar-refractivity contribution in [3.8, 4) is 0 Å². The van der Waals surface area contributed by atoms with E-state index in [0.29, 0.717) is 5.92 Å². The summed E-state index contributed by atoms with van der Waals surface area (Å²) in [7, 11) is 4.20. The smallest absolute Gasteiger partial charge is 0.172 e. The summed E-state index contributed by atoms with van der Waals surface area (Å²) < 4.78 is 0.984. The van der Waals surface area contributed by atoms with Crippen molar-refractivity contribution in [3.63, 3.8) is 0 Å². The van der Waals surface area contributed by atoms with Crippen LogP contribution in [0.25, 0.3) is 0 Å². The predicted molar refractivity (Wildman–Crippen MR) is 85.5 cm³/mol. The topological polar surface area (TPSA) is 65.1 Å². The van der Waals surface area contributed by atoms with E-state index in [2.05, 4.69) is 37.9 Å². The van der Waals surface area contributed by atoms with Gasteiger partial charge >= 0.3 is 0 Å². The SMILES string of the molecule is CN1CCC(CN(C)c2cc(Br)ccc2/C(N)=N/O)C1. The van der Waals surface area contributed by atoms with Gasteiger partial charge in [0.1, 0.15) is 0 Å². The molecule has 1 atom stereocenters. The molecule has 0 aromatic heterocycles. The Balaban J connectivity index is 2.19. The van der Waals surface area contributed by atoms with Gasteiger partial charge in [-0.25, -0.2) is 0 Å². The van der Waals surface area contributed by atoms with Crippen LogP contribution in [0.2, 0.25) is 0 Å². The summed E-state index contributed by atoms with van der Waals surface area (Å²) in [5, 5.41) is 12.0. The summed E-state index contributed by atoms with van der Waals surface area (Å²) in [6.45, 7) is 3.24. The number of nitrogens with zero attached hydrogens (tertiary/aromatic N) is 3.